The summed E-state index contributed by atoms with van der Waals surface area (Å²) in [5, 5.41) is 8.62. The van der Waals surface area contributed by atoms with Gasteiger partial charge in [-0.15, -0.1) is 0 Å². The van der Waals surface area contributed by atoms with Crippen molar-refractivity contribution in [3.63, 3.8) is 0 Å². The highest BCUT2D eigenvalue weighted by Gasteiger charge is 2.35. The van der Waals surface area contributed by atoms with Gasteiger partial charge >= 0.3 is 6.09 Å². The number of nitrogens with one attached hydrogen (secondary N) is 2. The van der Waals surface area contributed by atoms with Crippen molar-refractivity contribution in [2.75, 3.05) is 74.8 Å². The van der Waals surface area contributed by atoms with E-state index >= 15 is 0 Å². The SMILES string of the molecule is Cc1cn2nc(C3CCCCN3C(=O)c3ccc(Cl)cc3NS(C)(=O)=O)cc2nc1N1CC[C@H](N(CCCCN2CCNCC2)C(=O)OC(C)(C)C)C1. The van der Waals surface area contributed by atoms with E-state index < -0.39 is 15.6 Å². The number of hydrogen-bond donors (Lipinski definition) is 2. The normalized spacial score (nSPS) is 20.2. The number of carbonyl (C=O) groups excluding carboxylic acids is 2. The average Bonchev–Trinajstić information content (AvgIpc) is 3.74. The number of sulfonamides is 1. The van der Waals surface area contributed by atoms with E-state index in [1.54, 1.807) is 21.5 Å². The molecule has 5 heterocycles. The van der Waals surface area contributed by atoms with Crippen LogP contribution >= 0.6 is 11.6 Å². The molecule has 2 amide bonds. The van der Waals surface area contributed by atoms with Gasteiger partial charge in [-0.05, 0) is 91.0 Å². The van der Waals surface area contributed by atoms with Crippen molar-refractivity contribution in [2.24, 2.45) is 0 Å². The Balaban J connectivity index is 1.18. The number of aryl methyl sites for hydroxylation is 1. The fourth-order valence-electron chi connectivity index (χ4n) is 7.61. The van der Waals surface area contributed by atoms with Crippen LogP contribution in [0.3, 0.4) is 0 Å². The van der Waals surface area contributed by atoms with Gasteiger partial charge in [-0.2, -0.15) is 5.10 Å². The number of carbonyl (C=O) groups is 2. The van der Waals surface area contributed by atoms with Gasteiger partial charge in [-0.25, -0.2) is 22.7 Å². The van der Waals surface area contributed by atoms with Crippen LogP contribution in [0.1, 0.15) is 87.0 Å². The van der Waals surface area contributed by atoms with E-state index in [-0.39, 0.29) is 35.3 Å². The van der Waals surface area contributed by atoms with Crippen LogP contribution in [0.2, 0.25) is 5.02 Å². The minimum atomic E-state index is -3.64. The molecule has 0 saturated carbocycles. The maximum absolute atomic E-state index is 14.0. The molecule has 14 nitrogen and oxygen atoms in total. The lowest BCUT2D eigenvalue weighted by Gasteiger charge is -2.35. The molecule has 6 rings (SSSR count). The van der Waals surface area contributed by atoms with Gasteiger partial charge in [0, 0.05) is 75.2 Å². The van der Waals surface area contributed by atoms with E-state index in [4.69, 9.17) is 26.4 Å². The summed E-state index contributed by atoms with van der Waals surface area (Å²) in [5.74, 6) is 0.560. The molecule has 16 heteroatoms. The zero-order valence-corrected chi connectivity index (χ0v) is 33.2. The number of halogens is 1. The van der Waals surface area contributed by atoms with Crippen molar-refractivity contribution in [1.82, 2.24) is 34.6 Å². The molecule has 3 aliphatic heterocycles. The standard InChI is InChI=1S/C37H54ClN9O5S/c1-26-24-47-33(23-31(41-47)32-10-6-7-18-46(32)35(48)29-12-11-27(38)22-30(29)42-53(5,50)51)40-34(26)44-19-13-28(25-44)45(36(49)52-37(2,3)4)17-9-8-16-43-20-14-39-15-21-43/h11-12,22-24,28,32,39,42H,6-10,13-21,25H2,1-5H3/t28-,32?/m0/s1. The summed E-state index contributed by atoms with van der Waals surface area (Å²) >= 11 is 6.18. The smallest absolute Gasteiger partial charge is 0.410 e. The topological polar surface area (TPSA) is 145 Å². The molecular weight excluding hydrogens is 718 g/mol. The molecule has 2 atom stereocenters. The fourth-order valence-corrected chi connectivity index (χ4v) is 8.35. The van der Waals surface area contributed by atoms with E-state index in [0.717, 1.165) is 94.7 Å². The molecular formula is C37H54ClN9O5S. The van der Waals surface area contributed by atoms with E-state index in [1.807, 2.05) is 44.9 Å². The van der Waals surface area contributed by atoms with Crippen LogP contribution in [0.4, 0.5) is 16.3 Å². The Bertz CT molecular complexity index is 1890. The zero-order chi connectivity index (χ0) is 37.9. The minimum Gasteiger partial charge on any atom is -0.444 e. The van der Waals surface area contributed by atoms with E-state index in [9.17, 15) is 18.0 Å². The summed E-state index contributed by atoms with van der Waals surface area (Å²) in [6.45, 7) is 15.5. The molecule has 3 aliphatic rings. The van der Waals surface area contributed by atoms with Gasteiger partial charge in [0.05, 0.1) is 35.3 Å². The number of amides is 2. The summed E-state index contributed by atoms with van der Waals surface area (Å²) in [5.41, 5.74) is 2.16. The molecule has 3 aromatic rings. The second-order valence-electron chi connectivity index (χ2n) is 15.6. The van der Waals surface area contributed by atoms with Crippen molar-refractivity contribution in [3.05, 3.63) is 52.3 Å². The second-order valence-corrected chi connectivity index (χ2v) is 17.7. The number of piperidine rings is 1. The maximum atomic E-state index is 14.0. The van der Waals surface area contributed by atoms with Crippen LogP contribution < -0.4 is 14.9 Å². The van der Waals surface area contributed by atoms with Crippen molar-refractivity contribution in [2.45, 2.75) is 83.9 Å². The number of anilines is 2. The highest BCUT2D eigenvalue weighted by molar-refractivity contribution is 7.92. The molecule has 0 radical (unpaired) electrons. The number of hydrogen-bond acceptors (Lipinski definition) is 10. The van der Waals surface area contributed by atoms with E-state index in [1.165, 1.54) is 6.07 Å². The highest BCUT2D eigenvalue weighted by atomic mass is 35.5. The predicted octanol–water partition coefficient (Wildman–Crippen LogP) is 4.93. The van der Waals surface area contributed by atoms with Gasteiger partial charge in [0.25, 0.3) is 5.91 Å². The summed E-state index contributed by atoms with van der Waals surface area (Å²) in [6, 6.07) is 6.23. The molecule has 0 spiro atoms. The summed E-state index contributed by atoms with van der Waals surface area (Å²) < 4.78 is 34.3. The number of aromatic nitrogens is 3. The number of likely N-dealkylation sites (tertiary alicyclic amines) is 1. The molecule has 2 aromatic heterocycles. The maximum Gasteiger partial charge on any atom is 0.410 e. The van der Waals surface area contributed by atoms with Gasteiger partial charge in [-0.3, -0.25) is 9.52 Å². The molecule has 1 aromatic carbocycles. The number of rotatable bonds is 11. The zero-order valence-electron chi connectivity index (χ0n) is 31.6. The average molecular weight is 772 g/mol. The Morgan fingerprint density at radius 2 is 1.85 bits per heavy atom. The quantitative estimate of drug-likeness (QED) is 0.258. The molecule has 0 aliphatic carbocycles. The van der Waals surface area contributed by atoms with Gasteiger partial charge in [0.2, 0.25) is 10.0 Å². The highest BCUT2D eigenvalue weighted by Crippen LogP contribution is 2.35. The number of piperazine rings is 1. The largest absolute Gasteiger partial charge is 0.444 e. The third kappa shape index (κ3) is 9.91. The lowest BCUT2D eigenvalue weighted by Crippen LogP contribution is -2.46. The molecule has 3 fully saturated rings. The molecule has 1 unspecified atom stereocenters. The van der Waals surface area contributed by atoms with Crippen LogP contribution in [0.5, 0.6) is 0 Å². The fraction of sp³-hybridized carbons (Fsp3) is 0.622. The van der Waals surface area contributed by atoms with E-state index in [0.29, 0.717) is 36.7 Å². The van der Waals surface area contributed by atoms with Crippen LogP contribution in [-0.2, 0) is 14.8 Å². The number of ether oxygens (including phenoxy) is 1. The first-order chi connectivity index (χ1) is 25.1. The number of fused-ring (bicyclic) bond motifs is 1. The Labute approximate surface area is 318 Å². The summed E-state index contributed by atoms with van der Waals surface area (Å²) in [7, 11) is -3.64. The Morgan fingerprint density at radius 1 is 1.08 bits per heavy atom. The van der Waals surface area contributed by atoms with Crippen molar-refractivity contribution in [1.29, 1.82) is 0 Å². The second kappa shape index (κ2) is 16.4. The minimum absolute atomic E-state index is 0.00121. The molecule has 53 heavy (non-hydrogen) atoms. The van der Waals surface area contributed by atoms with Crippen molar-refractivity contribution >= 4 is 50.8 Å². The predicted molar refractivity (Wildman–Crippen MR) is 207 cm³/mol. The molecule has 290 valence electrons. The molecule has 2 N–H and O–H groups in total. The summed E-state index contributed by atoms with van der Waals surface area (Å²) in [6.07, 6.45) is 7.97. The van der Waals surface area contributed by atoms with Gasteiger partial charge < -0.3 is 29.7 Å². The van der Waals surface area contributed by atoms with Crippen LogP contribution in [0, 0.1) is 6.92 Å². The Hall–Kier alpha value is -3.66. The van der Waals surface area contributed by atoms with Crippen LogP contribution in [0.15, 0.2) is 30.5 Å². The third-order valence-electron chi connectivity index (χ3n) is 10.1. The lowest BCUT2D eigenvalue weighted by molar-refractivity contribution is 0.0173. The van der Waals surface area contributed by atoms with Gasteiger partial charge in [0.15, 0.2) is 5.65 Å². The first-order valence-electron chi connectivity index (χ1n) is 18.8. The van der Waals surface area contributed by atoms with Crippen LogP contribution in [-0.4, -0.2) is 127 Å². The summed E-state index contributed by atoms with van der Waals surface area (Å²) in [4.78, 5) is 41.0. The monoisotopic (exact) mass is 771 g/mol. The Morgan fingerprint density at radius 3 is 2.58 bits per heavy atom. The Kier molecular flexibility index (Phi) is 12.1. The molecule has 3 saturated heterocycles. The van der Waals surface area contributed by atoms with Crippen molar-refractivity contribution < 1.29 is 22.7 Å². The lowest BCUT2D eigenvalue weighted by atomic mass is 9.98. The first kappa shape index (κ1) is 39.0. The number of unbranched alkanes of at least 4 members (excludes halogenated alkanes) is 1. The van der Waals surface area contributed by atoms with Crippen molar-refractivity contribution in [3.8, 4) is 0 Å². The number of benzene rings is 1. The van der Waals surface area contributed by atoms with Gasteiger partial charge in [-0.1, -0.05) is 11.6 Å². The first-order valence-corrected chi connectivity index (χ1v) is 21.0. The molecule has 0 bridgehead atoms. The van der Waals surface area contributed by atoms with Gasteiger partial charge in [0.1, 0.15) is 11.4 Å². The van der Waals surface area contributed by atoms with Crippen LogP contribution in [0.25, 0.3) is 5.65 Å². The van der Waals surface area contributed by atoms with E-state index in [2.05, 4.69) is 19.8 Å². The number of nitrogens with zero attached hydrogens (tertiary/aromatic N) is 7. The third-order valence-corrected chi connectivity index (χ3v) is 10.9.